The minimum atomic E-state index is -1.00. The first-order valence-corrected chi connectivity index (χ1v) is 8.22. The van der Waals surface area contributed by atoms with Crippen LogP contribution < -0.4 is 10.1 Å². The first-order valence-electron chi connectivity index (χ1n) is 8.22. The maximum Gasteiger partial charge on any atom is 0.341 e. The topological polar surface area (TPSA) is 75.6 Å². The molecule has 0 saturated heterocycles. The fourth-order valence-electron chi connectivity index (χ4n) is 3.22. The molecule has 126 valence electrons. The molecule has 0 aromatic heterocycles. The van der Waals surface area contributed by atoms with Gasteiger partial charge in [0.1, 0.15) is 5.75 Å². The molecule has 1 atom stereocenters. The number of carbonyl (C=O) groups excluding carboxylic acids is 1. The lowest BCUT2D eigenvalue weighted by Crippen LogP contribution is -2.40. The lowest BCUT2D eigenvalue weighted by molar-refractivity contribution is -0.139. The number of rotatable bonds is 7. The normalized spacial score (nSPS) is 17.5. The molecule has 0 radical (unpaired) electrons. The third kappa shape index (κ3) is 4.24. The molecule has 1 aliphatic carbocycles. The second-order valence-corrected chi connectivity index (χ2v) is 6.29. The van der Waals surface area contributed by atoms with Crippen molar-refractivity contribution in [2.45, 2.75) is 52.0 Å². The van der Waals surface area contributed by atoms with Crippen molar-refractivity contribution in [2.24, 2.45) is 5.41 Å². The van der Waals surface area contributed by atoms with Gasteiger partial charge in [0.2, 0.25) is 5.91 Å². The summed E-state index contributed by atoms with van der Waals surface area (Å²) in [6.07, 6.45) is 5.10. The Kier molecular flexibility index (Phi) is 5.64. The molecule has 1 aromatic carbocycles. The molecule has 1 saturated carbocycles. The maximum absolute atomic E-state index is 12.6. The number of hydrogen-bond acceptors (Lipinski definition) is 3. The smallest absolute Gasteiger partial charge is 0.341 e. The second kappa shape index (κ2) is 7.49. The van der Waals surface area contributed by atoms with Crippen LogP contribution in [0.2, 0.25) is 0 Å². The zero-order chi connectivity index (χ0) is 16.9. The van der Waals surface area contributed by atoms with Crippen molar-refractivity contribution in [2.75, 3.05) is 6.61 Å². The molecule has 0 spiro atoms. The Labute approximate surface area is 137 Å². The molecule has 0 heterocycles. The molecule has 2 rings (SSSR count). The first kappa shape index (κ1) is 17.3. The Morgan fingerprint density at radius 1 is 1.26 bits per heavy atom. The lowest BCUT2D eigenvalue weighted by Gasteiger charge is -2.28. The van der Waals surface area contributed by atoms with Crippen molar-refractivity contribution >= 4 is 11.9 Å². The van der Waals surface area contributed by atoms with E-state index in [9.17, 15) is 9.59 Å². The van der Waals surface area contributed by atoms with Crippen molar-refractivity contribution in [3.8, 4) is 5.75 Å². The van der Waals surface area contributed by atoms with Gasteiger partial charge in [0, 0.05) is 5.41 Å². The lowest BCUT2D eigenvalue weighted by atomic mass is 9.82. The number of amides is 1. The van der Waals surface area contributed by atoms with Crippen LogP contribution in [0.1, 0.15) is 57.6 Å². The van der Waals surface area contributed by atoms with E-state index in [1.165, 1.54) is 0 Å². The molecule has 23 heavy (non-hydrogen) atoms. The number of benzene rings is 1. The van der Waals surface area contributed by atoms with Gasteiger partial charge in [-0.2, -0.15) is 0 Å². The number of carboxylic acids is 1. The summed E-state index contributed by atoms with van der Waals surface area (Å²) in [7, 11) is 0. The molecule has 0 aliphatic heterocycles. The highest BCUT2D eigenvalue weighted by atomic mass is 16.5. The average molecular weight is 319 g/mol. The highest BCUT2D eigenvalue weighted by Gasteiger charge is 2.39. The van der Waals surface area contributed by atoms with Gasteiger partial charge in [0.15, 0.2) is 6.61 Å². The van der Waals surface area contributed by atoms with Gasteiger partial charge in [0.05, 0.1) is 6.04 Å². The zero-order valence-electron chi connectivity index (χ0n) is 13.8. The fourth-order valence-corrected chi connectivity index (χ4v) is 3.22. The minimum absolute atomic E-state index is 0.0833. The number of ether oxygens (including phenoxy) is 1. The molecule has 1 aromatic rings. The summed E-state index contributed by atoms with van der Waals surface area (Å²) in [5.74, 6) is -0.345. The maximum atomic E-state index is 12.6. The standard InChI is InChI=1S/C18H25NO4/c1-3-18(10-4-5-11-18)17(22)19-13(2)14-6-8-15(9-7-14)23-12-16(20)21/h6-9,13H,3-5,10-12H2,1-2H3,(H,19,22)(H,20,21). The number of hydrogen-bond donors (Lipinski definition) is 2. The Bertz CT molecular complexity index is 547. The molecule has 2 N–H and O–H groups in total. The Hall–Kier alpha value is -2.04. The Balaban J connectivity index is 1.96. The van der Waals surface area contributed by atoms with Crippen LogP contribution in [0.3, 0.4) is 0 Å². The highest BCUT2D eigenvalue weighted by molar-refractivity contribution is 5.83. The van der Waals surface area contributed by atoms with Crippen molar-refractivity contribution in [3.63, 3.8) is 0 Å². The Morgan fingerprint density at radius 3 is 2.39 bits per heavy atom. The van der Waals surface area contributed by atoms with Gasteiger partial charge in [-0.3, -0.25) is 4.79 Å². The van der Waals surface area contributed by atoms with E-state index in [0.717, 1.165) is 37.7 Å². The summed E-state index contributed by atoms with van der Waals surface area (Å²) in [5.41, 5.74) is 0.781. The summed E-state index contributed by atoms with van der Waals surface area (Å²) in [5, 5.41) is 11.7. The summed E-state index contributed by atoms with van der Waals surface area (Å²) < 4.78 is 5.11. The molecule has 0 bridgehead atoms. The summed E-state index contributed by atoms with van der Waals surface area (Å²) >= 11 is 0. The molecule has 1 unspecified atom stereocenters. The number of carbonyl (C=O) groups is 2. The van der Waals surface area contributed by atoms with Crippen molar-refractivity contribution in [1.29, 1.82) is 0 Å². The molecule has 1 aliphatic rings. The van der Waals surface area contributed by atoms with Crippen LogP contribution in [0.4, 0.5) is 0 Å². The third-order valence-electron chi connectivity index (χ3n) is 4.81. The fraction of sp³-hybridized carbons (Fsp3) is 0.556. The van der Waals surface area contributed by atoms with Gasteiger partial charge < -0.3 is 15.2 Å². The highest BCUT2D eigenvalue weighted by Crippen LogP contribution is 2.41. The first-order chi connectivity index (χ1) is 11.0. The number of carboxylic acid groups (broad SMARTS) is 1. The van der Waals surface area contributed by atoms with E-state index < -0.39 is 5.97 Å². The van der Waals surface area contributed by atoms with Crippen LogP contribution in [0.15, 0.2) is 24.3 Å². The number of nitrogens with one attached hydrogen (secondary N) is 1. The predicted molar refractivity (Wildman–Crippen MR) is 87.3 cm³/mol. The second-order valence-electron chi connectivity index (χ2n) is 6.29. The van der Waals surface area contributed by atoms with Crippen LogP contribution in [-0.4, -0.2) is 23.6 Å². The van der Waals surface area contributed by atoms with Gasteiger partial charge in [-0.1, -0.05) is 31.9 Å². The van der Waals surface area contributed by atoms with E-state index in [2.05, 4.69) is 12.2 Å². The zero-order valence-corrected chi connectivity index (χ0v) is 13.8. The van der Waals surface area contributed by atoms with Crippen molar-refractivity contribution in [3.05, 3.63) is 29.8 Å². The van der Waals surface area contributed by atoms with E-state index >= 15 is 0 Å². The monoisotopic (exact) mass is 319 g/mol. The molecule has 5 heteroatoms. The van der Waals surface area contributed by atoms with E-state index in [1.807, 2.05) is 19.1 Å². The summed E-state index contributed by atoms with van der Waals surface area (Å²) in [4.78, 5) is 23.1. The van der Waals surface area contributed by atoms with Crippen molar-refractivity contribution in [1.82, 2.24) is 5.32 Å². The molecule has 1 fully saturated rings. The van der Waals surface area contributed by atoms with Crippen LogP contribution in [0, 0.1) is 5.41 Å². The van der Waals surface area contributed by atoms with E-state index in [0.29, 0.717) is 5.75 Å². The summed E-state index contributed by atoms with van der Waals surface area (Å²) in [6, 6.07) is 7.09. The van der Waals surface area contributed by atoms with E-state index in [1.54, 1.807) is 12.1 Å². The largest absolute Gasteiger partial charge is 0.482 e. The van der Waals surface area contributed by atoms with Crippen molar-refractivity contribution < 1.29 is 19.4 Å². The quantitative estimate of drug-likeness (QED) is 0.808. The van der Waals surface area contributed by atoms with Gasteiger partial charge in [-0.15, -0.1) is 0 Å². The Morgan fingerprint density at radius 2 is 1.87 bits per heavy atom. The molecule has 5 nitrogen and oxygen atoms in total. The van der Waals surface area contributed by atoms with Gasteiger partial charge in [0.25, 0.3) is 0 Å². The SMILES string of the molecule is CCC1(C(=O)NC(C)c2ccc(OCC(=O)O)cc2)CCCC1. The molecular weight excluding hydrogens is 294 g/mol. The van der Waals surface area contributed by atoms with E-state index in [4.69, 9.17) is 9.84 Å². The van der Waals surface area contributed by atoms with Gasteiger partial charge in [-0.25, -0.2) is 4.79 Å². The number of aliphatic carboxylic acids is 1. The van der Waals surface area contributed by atoms with Crippen LogP contribution in [0.5, 0.6) is 5.75 Å². The minimum Gasteiger partial charge on any atom is -0.482 e. The third-order valence-corrected chi connectivity index (χ3v) is 4.81. The summed E-state index contributed by atoms with van der Waals surface area (Å²) in [6.45, 7) is 3.69. The van der Waals surface area contributed by atoms with Gasteiger partial charge in [-0.05, 0) is 43.9 Å². The molecular formula is C18H25NO4. The van der Waals surface area contributed by atoms with E-state index in [-0.39, 0.29) is 24.0 Å². The predicted octanol–water partition coefficient (Wildman–Crippen LogP) is 3.30. The van der Waals surface area contributed by atoms with Crippen LogP contribution in [0.25, 0.3) is 0 Å². The van der Waals surface area contributed by atoms with Gasteiger partial charge >= 0.3 is 5.97 Å². The van der Waals surface area contributed by atoms with Crippen LogP contribution >= 0.6 is 0 Å². The van der Waals surface area contributed by atoms with Crippen LogP contribution in [-0.2, 0) is 9.59 Å². The molecule has 1 amide bonds. The average Bonchev–Trinajstić information content (AvgIpc) is 3.03.